The second-order valence-corrected chi connectivity index (χ2v) is 4.75. The molecule has 20 heavy (non-hydrogen) atoms. The Balaban J connectivity index is 0.000000956. The van der Waals surface area contributed by atoms with E-state index in [9.17, 15) is 4.39 Å². The van der Waals surface area contributed by atoms with Gasteiger partial charge in [-0.05, 0) is 25.5 Å². The zero-order valence-corrected chi connectivity index (χ0v) is 12.7. The lowest BCUT2D eigenvalue weighted by Crippen LogP contribution is -2.30. The molecular formula is C15H25FN4. The van der Waals surface area contributed by atoms with E-state index in [0.717, 1.165) is 18.7 Å². The Morgan fingerprint density at radius 2 is 2.10 bits per heavy atom. The predicted molar refractivity (Wildman–Crippen MR) is 84.6 cm³/mol. The van der Waals surface area contributed by atoms with Gasteiger partial charge in [-0.2, -0.15) is 0 Å². The van der Waals surface area contributed by atoms with Crippen LogP contribution in [0.1, 0.15) is 32.8 Å². The Hall–Kier alpha value is -1.62. The van der Waals surface area contributed by atoms with Crippen molar-refractivity contribution in [2.24, 2.45) is 5.73 Å². The van der Waals surface area contributed by atoms with Crippen molar-refractivity contribution in [1.82, 2.24) is 0 Å². The maximum atomic E-state index is 13.7. The van der Waals surface area contributed by atoms with Crippen LogP contribution >= 0.6 is 0 Å². The first kappa shape index (κ1) is 16.4. The van der Waals surface area contributed by atoms with Crippen LogP contribution in [0, 0.1) is 11.2 Å². The standard InChI is InChI=1S/C13H19FN4.C2H6/c1-8-5-9(16)7-18(8)12-4-3-11(14)13(17-2)10(12)6-15;1-2/h3-4,6,8-9,15,17H,5,7,16H2,1-2H3;1-2H3. The predicted octanol–water partition coefficient (Wildman–Crippen LogP) is 2.82. The molecule has 1 fully saturated rings. The molecule has 1 aliphatic rings. The third kappa shape index (κ3) is 3.10. The largest absolute Gasteiger partial charge is 0.385 e. The second-order valence-electron chi connectivity index (χ2n) is 4.75. The minimum absolute atomic E-state index is 0.140. The SMILES string of the molecule is CC.CNc1c(F)ccc(N2CC(N)CC2C)c1C=N. The van der Waals surface area contributed by atoms with Crippen molar-refractivity contribution in [2.75, 3.05) is 23.8 Å². The monoisotopic (exact) mass is 280 g/mol. The summed E-state index contributed by atoms with van der Waals surface area (Å²) in [4.78, 5) is 2.14. The molecule has 1 saturated heterocycles. The first-order valence-electron chi connectivity index (χ1n) is 7.11. The van der Waals surface area contributed by atoms with Gasteiger partial charge in [0, 0.05) is 43.1 Å². The maximum Gasteiger partial charge on any atom is 0.147 e. The van der Waals surface area contributed by atoms with Gasteiger partial charge >= 0.3 is 0 Å². The summed E-state index contributed by atoms with van der Waals surface area (Å²) in [5.74, 6) is -0.337. The van der Waals surface area contributed by atoms with E-state index in [1.165, 1.54) is 12.3 Å². The fraction of sp³-hybridized carbons (Fsp3) is 0.533. The molecule has 5 heteroatoms. The average Bonchev–Trinajstić information content (AvgIpc) is 2.79. The molecule has 1 aliphatic heterocycles. The van der Waals surface area contributed by atoms with Gasteiger partial charge in [-0.3, -0.25) is 0 Å². The van der Waals surface area contributed by atoms with Crippen LogP contribution in [0.5, 0.6) is 0 Å². The molecule has 112 valence electrons. The Bertz CT molecular complexity index is 461. The minimum atomic E-state index is -0.337. The van der Waals surface area contributed by atoms with E-state index >= 15 is 0 Å². The van der Waals surface area contributed by atoms with E-state index in [2.05, 4.69) is 17.1 Å². The molecule has 2 unspecified atom stereocenters. The number of halogens is 1. The third-order valence-electron chi connectivity index (χ3n) is 3.48. The van der Waals surface area contributed by atoms with Gasteiger partial charge in [0.25, 0.3) is 0 Å². The number of benzene rings is 1. The lowest BCUT2D eigenvalue weighted by molar-refractivity contribution is 0.630. The van der Waals surface area contributed by atoms with Crippen LogP contribution in [0.15, 0.2) is 12.1 Å². The van der Waals surface area contributed by atoms with Crippen LogP contribution in [0.25, 0.3) is 0 Å². The van der Waals surface area contributed by atoms with Gasteiger partial charge in [-0.1, -0.05) is 13.8 Å². The van der Waals surface area contributed by atoms with Crippen LogP contribution in [-0.4, -0.2) is 31.9 Å². The molecule has 1 heterocycles. The topological polar surface area (TPSA) is 65.1 Å². The van der Waals surface area contributed by atoms with Gasteiger partial charge in [0.1, 0.15) is 5.82 Å². The lowest BCUT2D eigenvalue weighted by Gasteiger charge is -2.26. The Morgan fingerprint density at radius 1 is 1.45 bits per heavy atom. The van der Waals surface area contributed by atoms with Crippen LogP contribution in [-0.2, 0) is 0 Å². The number of rotatable bonds is 3. The van der Waals surface area contributed by atoms with Crippen molar-refractivity contribution in [1.29, 1.82) is 5.41 Å². The van der Waals surface area contributed by atoms with Crippen molar-refractivity contribution >= 4 is 17.6 Å². The second kappa shape index (κ2) is 7.24. The van der Waals surface area contributed by atoms with Crippen LogP contribution in [0.2, 0.25) is 0 Å². The fourth-order valence-corrected chi connectivity index (χ4v) is 2.64. The lowest BCUT2D eigenvalue weighted by atomic mass is 10.1. The number of hydrogen-bond acceptors (Lipinski definition) is 4. The molecule has 0 bridgehead atoms. The zero-order chi connectivity index (χ0) is 15.3. The van der Waals surface area contributed by atoms with E-state index in [1.807, 2.05) is 13.8 Å². The summed E-state index contributed by atoms with van der Waals surface area (Å²) in [7, 11) is 1.66. The van der Waals surface area contributed by atoms with Gasteiger partial charge in [-0.25, -0.2) is 4.39 Å². The van der Waals surface area contributed by atoms with Gasteiger partial charge < -0.3 is 21.4 Å². The van der Waals surface area contributed by atoms with E-state index in [0.29, 0.717) is 17.3 Å². The van der Waals surface area contributed by atoms with Crippen molar-refractivity contribution in [3.8, 4) is 0 Å². The Morgan fingerprint density at radius 3 is 2.55 bits per heavy atom. The van der Waals surface area contributed by atoms with Crippen LogP contribution < -0.4 is 16.0 Å². The van der Waals surface area contributed by atoms with E-state index in [1.54, 1.807) is 13.1 Å². The molecule has 0 saturated carbocycles. The zero-order valence-electron chi connectivity index (χ0n) is 12.7. The first-order valence-corrected chi connectivity index (χ1v) is 7.11. The highest BCUT2D eigenvalue weighted by Gasteiger charge is 2.28. The van der Waals surface area contributed by atoms with Crippen molar-refractivity contribution in [3.63, 3.8) is 0 Å². The van der Waals surface area contributed by atoms with Gasteiger partial charge in [0.2, 0.25) is 0 Å². The van der Waals surface area contributed by atoms with E-state index in [-0.39, 0.29) is 11.9 Å². The minimum Gasteiger partial charge on any atom is -0.385 e. The summed E-state index contributed by atoms with van der Waals surface area (Å²) in [6, 6.07) is 3.62. The summed E-state index contributed by atoms with van der Waals surface area (Å²) < 4.78 is 13.7. The summed E-state index contributed by atoms with van der Waals surface area (Å²) in [6.45, 7) is 6.85. The number of anilines is 2. The quantitative estimate of drug-likeness (QED) is 0.746. The highest BCUT2D eigenvalue weighted by molar-refractivity contribution is 5.94. The Kier molecular flexibility index (Phi) is 5.95. The summed E-state index contributed by atoms with van der Waals surface area (Å²) in [6.07, 6.45) is 2.12. The molecule has 2 rings (SSSR count). The molecule has 1 aromatic carbocycles. The highest BCUT2D eigenvalue weighted by Crippen LogP contribution is 2.32. The van der Waals surface area contributed by atoms with Gasteiger partial charge in [0.15, 0.2) is 0 Å². The normalized spacial score (nSPS) is 21.2. The first-order chi connectivity index (χ1) is 9.58. The van der Waals surface area contributed by atoms with Crippen molar-refractivity contribution in [3.05, 3.63) is 23.5 Å². The number of nitrogens with zero attached hydrogens (tertiary/aromatic N) is 1. The van der Waals surface area contributed by atoms with Crippen LogP contribution in [0.4, 0.5) is 15.8 Å². The summed E-state index contributed by atoms with van der Waals surface area (Å²) in [5, 5.41) is 10.3. The van der Waals surface area contributed by atoms with Gasteiger partial charge in [0.05, 0.1) is 5.69 Å². The third-order valence-corrected chi connectivity index (χ3v) is 3.48. The number of nitrogens with one attached hydrogen (secondary N) is 2. The molecule has 0 aliphatic carbocycles. The molecule has 0 radical (unpaired) electrons. The van der Waals surface area contributed by atoms with E-state index < -0.39 is 0 Å². The molecule has 4 nitrogen and oxygen atoms in total. The smallest absolute Gasteiger partial charge is 0.147 e. The molecule has 0 aromatic heterocycles. The molecule has 4 N–H and O–H groups in total. The van der Waals surface area contributed by atoms with Crippen molar-refractivity contribution in [2.45, 2.75) is 39.3 Å². The molecule has 1 aromatic rings. The number of nitrogens with two attached hydrogens (primary N) is 1. The highest BCUT2D eigenvalue weighted by atomic mass is 19.1. The fourth-order valence-electron chi connectivity index (χ4n) is 2.64. The molecule has 2 atom stereocenters. The average molecular weight is 280 g/mol. The van der Waals surface area contributed by atoms with Crippen molar-refractivity contribution < 1.29 is 4.39 Å². The Labute approximate surface area is 120 Å². The molecular weight excluding hydrogens is 255 g/mol. The molecule has 0 spiro atoms. The molecule has 0 amide bonds. The van der Waals surface area contributed by atoms with Crippen LogP contribution in [0.3, 0.4) is 0 Å². The summed E-state index contributed by atoms with van der Waals surface area (Å²) in [5.41, 5.74) is 7.78. The van der Waals surface area contributed by atoms with Gasteiger partial charge in [-0.15, -0.1) is 0 Å². The number of hydrogen-bond donors (Lipinski definition) is 3. The summed E-state index contributed by atoms with van der Waals surface area (Å²) >= 11 is 0. The van der Waals surface area contributed by atoms with E-state index in [4.69, 9.17) is 11.1 Å². The maximum absolute atomic E-state index is 13.7.